The number of amides is 2. The number of hydrogen-bond donors (Lipinski definition) is 1. The van der Waals surface area contributed by atoms with Crippen LogP contribution in [0.5, 0.6) is 5.75 Å². The number of nitrogens with one attached hydrogen (secondary N) is 1. The van der Waals surface area contributed by atoms with Crippen molar-refractivity contribution < 1.29 is 22.7 Å². The third-order valence-electron chi connectivity index (χ3n) is 4.49. The fraction of sp³-hybridized carbons (Fsp3) is 0.300. The molecule has 0 radical (unpaired) electrons. The van der Waals surface area contributed by atoms with Gasteiger partial charge in [-0.15, -0.1) is 0 Å². The second-order valence-electron chi connectivity index (χ2n) is 6.48. The van der Waals surface area contributed by atoms with Gasteiger partial charge < -0.3 is 10.1 Å². The van der Waals surface area contributed by atoms with Crippen LogP contribution in [-0.4, -0.2) is 37.2 Å². The van der Waals surface area contributed by atoms with Gasteiger partial charge in [-0.05, 0) is 44.5 Å². The highest BCUT2D eigenvalue weighted by molar-refractivity contribution is 7.89. The van der Waals surface area contributed by atoms with Gasteiger partial charge >= 0.3 is 0 Å². The van der Waals surface area contributed by atoms with Crippen molar-refractivity contribution in [2.24, 2.45) is 0 Å². The van der Waals surface area contributed by atoms with Gasteiger partial charge in [-0.25, -0.2) is 12.7 Å². The van der Waals surface area contributed by atoms with Crippen LogP contribution in [-0.2, 0) is 19.6 Å². The quantitative estimate of drug-likeness (QED) is 0.802. The van der Waals surface area contributed by atoms with Crippen molar-refractivity contribution in [2.75, 3.05) is 11.9 Å². The largest absolute Gasteiger partial charge is 0.492 e. The first-order valence-corrected chi connectivity index (χ1v) is 10.4. The molecular weight excluding hydrogens is 380 g/mol. The molecule has 2 amide bonds. The molecule has 0 aromatic heterocycles. The summed E-state index contributed by atoms with van der Waals surface area (Å²) in [4.78, 5) is 25.2. The number of anilines is 1. The van der Waals surface area contributed by atoms with E-state index < -0.39 is 27.9 Å². The number of hydrogen-bond acceptors (Lipinski definition) is 5. The summed E-state index contributed by atoms with van der Waals surface area (Å²) in [6.45, 7) is 4.08. The maximum atomic E-state index is 13.0. The molecule has 1 fully saturated rings. The fourth-order valence-electron chi connectivity index (χ4n) is 3.09. The Morgan fingerprint density at radius 1 is 1.18 bits per heavy atom. The van der Waals surface area contributed by atoms with Gasteiger partial charge in [0.25, 0.3) is 10.0 Å². The summed E-state index contributed by atoms with van der Waals surface area (Å²) in [5, 5.41) is 2.70. The van der Waals surface area contributed by atoms with E-state index in [2.05, 4.69) is 5.32 Å². The van der Waals surface area contributed by atoms with Crippen LogP contribution in [0.25, 0.3) is 0 Å². The molecule has 3 rings (SSSR count). The van der Waals surface area contributed by atoms with Crippen molar-refractivity contribution in [3.05, 3.63) is 54.1 Å². The Balaban J connectivity index is 1.88. The molecule has 1 aliphatic heterocycles. The van der Waals surface area contributed by atoms with Crippen LogP contribution in [0.15, 0.2) is 53.4 Å². The molecule has 1 aliphatic rings. The molecule has 0 bridgehead atoms. The highest BCUT2D eigenvalue weighted by Crippen LogP contribution is 2.30. The van der Waals surface area contributed by atoms with Crippen LogP contribution < -0.4 is 10.1 Å². The standard InChI is InChI=1S/C20H22N2O5S/c1-3-27-18-7-5-4-6-16(18)21-20(24)17-12-13-19(23)22(17)28(25,26)15-10-8-14(2)9-11-15/h4-11,17H,3,12-13H2,1-2H3,(H,21,24)/t17-/m0/s1. The summed E-state index contributed by atoms with van der Waals surface area (Å²) in [6.07, 6.45) is 0.128. The van der Waals surface area contributed by atoms with E-state index in [9.17, 15) is 18.0 Å². The summed E-state index contributed by atoms with van der Waals surface area (Å²) >= 11 is 0. The van der Waals surface area contributed by atoms with Crippen LogP contribution >= 0.6 is 0 Å². The van der Waals surface area contributed by atoms with E-state index in [0.29, 0.717) is 22.3 Å². The molecule has 0 unspecified atom stereocenters. The van der Waals surface area contributed by atoms with Gasteiger partial charge in [0, 0.05) is 6.42 Å². The van der Waals surface area contributed by atoms with E-state index in [1.807, 2.05) is 13.8 Å². The number of ether oxygens (including phenoxy) is 1. The Morgan fingerprint density at radius 2 is 1.86 bits per heavy atom. The van der Waals surface area contributed by atoms with E-state index in [1.165, 1.54) is 12.1 Å². The number of rotatable bonds is 6. The zero-order valence-corrected chi connectivity index (χ0v) is 16.5. The average Bonchev–Trinajstić information content (AvgIpc) is 3.06. The molecule has 0 aliphatic carbocycles. The molecule has 1 atom stereocenters. The second kappa shape index (κ2) is 8.02. The minimum Gasteiger partial charge on any atom is -0.492 e. The van der Waals surface area contributed by atoms with E-state index >= 15 is 0 Å². The SMILES string of the molecule is CCOc1ccccc1NC(=O)[C@@H]1CCC(=O)N1S(=O)(=O)c1ccc(C)cc1. The zero-order chi connectivity index (χ0) is 20.3. The monoisotopic (exact) mass is 402 g/mol. The Kier molecular flexibility index (Phi) is 5.69. The highest BCUT2D eigenvalue weighted by Gasteiger charge is 2.44. The molecule has 1 N–H and O–H groups in total. The maximum Gasteiger partial charge on any atom is 0.267 e. The topological polar surface area (TPSA) is 92.8 Å². The molecule has 1 heterocycles. The van der Waals surface area contributed by atoms with Gasteiger partial charge in [0.1, 0.15) is 11.8 Å². The summed E-state index contributed by atoms with van der Waals surface area (Å²) in [6, 6.07) is 12.0. The van der Waals surface area contributed by atoms with E-state index in [0.717, 1.165) is 5.56 Å². The van der Waals surface area contributed by atoms with Gasteiger partial charge in [-0.1, -0.05) is 29.8 Å². The first-order valence-electron chi connectivity index (χ1n) is 9.01. The second-order valence-corrected chi connectivity index (χ2v) is 8.30. The normalized spacial score (nSPS) is 16.9. The predicted molar refractivity (Wildman–Crippen MR) is 104 cm³/mol. The lowest BCUT2D eigenvalue weighted by molar-refractivity contribution is -0.128. The molecule has 8 heteroatoms. The van der Waals surface area contributed by atoms with Gasteiger partial charge in [0.15, 0.2) is 0 Å². The summed E-state index contributed by atoms with van der Waals surface area (Å²) in [7, 11) is -4.12. The molecule has 1 saturated heterocycles. The van der Waals surface area contributed by atoms with E-state index in [4.69, 9.17) is 4.74 Å². The van der Waals surface area contributed by atoms with Gasteiger partial charge in [0.05, 0.1) is 17.2 Å². The number of para-hydroxylation sites is 2. The first kappa shape index (κ1) is 19.9. The fourth-order valence-corrected chi connectivity index (χ4v) is 4.69. The molecular formula is C20H22N2O5S. The lowest BCUT2D eigenvalue weighted by atomic mass is 10.2. The van der Waals surface area contributed by atoms with Crippen LogP contribution in [0, 0.1) is 6.92 Å². The lowest BCUT2D eigenvalue weighted by Crippen LogP contribution is -2.45. The minimum atomic E-state index is -4.12. The Labute approximate surface area is 164 Å². The van der Waals surface area contributed by atoms with Crippen LogP contribution in [0.3, 0.4) is 0 Å². The lowest BCUT2D eigenvalue weighted by Gasteiger charge is -2.24. The highest BCUT2D eigenvalue weighted by atomic mass is 32.2. The predicted octanol–water partition coefficient (Wildman–Crippen LogP) is 2.71. The van der Waals surface area contributed by atoms with Crippen molar-refractivity contribution in [3.8, 4) is 5.75 Å². The van der Waals surface area contributed by atoms with Gasteiger partial charge in [-0.2, -0.15) is 0 Å². The number of aryl methyl sites for hydroxylation is 1. The number of sulfonamides is 1. The summed E-state index contributed by atoms with van der Waals surface area (Å²) in [5.74, 6) is -0.664. The van der Waals surface area contributed by atoms with Gasteiger partial charge in [-0.3, -0.25) is 9.59 Å². The Morgan fingerprint density at radius 3 is 2.54 bits per heavy atom. The van der Waals surface area contributed by atoms with Crippen molar-refractivity contribution in [3.63, 3.8) is 0 Å². The van der Waals surface area contributed by atoms with E-state index in [1.54, 1.807) is 36.4 Å². The number of nitrogens with zero attached hydrogens (tertiary/aromatic N) is 1. The number of benzene rings is 2. The Bertz CT molecular complexity index is 986. The van der Waals surface area contributed by atoms with Crippen LogP contribution in [0.4, 0.5) is 5.69 Å². The average molecular weight is 402 g/mol. The smallest absolute Gasteiger partial charge is 0.267 e. The van der Waals surface area contributed by atoms with Crippen molar-refractivity contribution >= 4 is 27.5 Å². The minimum absolute atomic E-state index is 0.00369. The zero-order valence-electron chi connectivity index (χ0n) is 15.7. The van der Waals surface area contributed by atoms with Gasteiger partial charge in [0.2, 0.25) is 11.8 Å². The molecule has 0 saturated carbocycles. The molecule has 7 nitrogen and oxygen atoms in total. The van der Waals surface area contributed by atoms with Crippen LogP contribution in [0.1, 0.15) is 25.3 Å². The first-order chi connectivity index (χ1) is 13.3. The number of carbonyl (C=O) groups is 2. The van der Waals surface area contributed by atoms with Crippen molar-refractivity contribution in [1.29, 1.82) is 0 Å². The van der Waals surface area contributed by atoms with E-state index in [-0.39, 0.29) is 17.7 Å². The summed E-state index contributed by atoms with van der Waals surface area (Å²) in [5.41, 5.74) is 1.33. The Hall–Kier alpha value is -2.87. The third kappa shape index (κ3) is 3.87. The molecule has 2 aromatic rings. The van der Waals surface area contributed by atoms with Crippen molar-refractivity contribution in [2.45, 2.75) is 37.6 Å². The maximum absolute atomic E-state index is 13.0. The van der Waals surface area contributed by atoms with Crippen LogP contribution in [0.2, 0.25) is 0 Å². The molecule has 148 valence electrons. The molecule has 28 heavy (non-hydrogen) atoms. The molecule has 0 spiro atoms. The number of carbonyl (C=O) groups excluding carboxylic acids is 2. The van der Waals surface area contributed by atoms with Crippen molar-refractivity contribution in [1.82, 2.24) is 4.31 Å². The molecule has 2 aromatic carbocycles. The third-order valence-corrected chi connectivity index (χ3v) is 6.33. The summed E-state index contributed by atoms with van der Waals surface area (Å²) < 4.78 is 32.2.